The first-order chi connectivity index (χ1) is 13.8. The van der Waals surface area contributed by atoms with Gasteiger partial charge in [-0.05, 0) is 66.6 Å². The van der Waals surface area contributed by atoms with E-state index in [1.54, 1.807) is 36.4 Å². The average molecular weight is 477 g/mol. The van der Waals surface area contributed by atoms with Crippen LogP contribution in [0.3, 0.4) is 0 Å². The smallest absolute Gasteiger partial charge is 0.251 e. The lowest BCUT2D eigenvalue weighted by Gasteiger charge is -2.19. The van der Waals surface area contributed by atoms with Gasteiger partial charge in [-0.2, -0.15) is 0 Å². The van der Waals surface area contributed by atoms with Crippen LogP contribution >= 0.6 is 15.9 Å². The highest BCUT2D eigenvalue weighted by molar-refractivity contribution is 9.10. The maximum Gasteiger partial charge on any atom is 0.251 e. The number of benzene rings is 2. The first-order valence-electron chi connectivity index (χ1n) is 8.73. The fraction of sp³-hybridized carbons (Fsp3) is 0.143. The van der Waals surface area contributed by atoms with Gasteiger partial charge in [0.2, 0.25) is 0 Å². The summed E-state index contributed by atoms with van der Waals surface area (Å²) in [5, 5.41) is 1.61. The number of sulfone groups is 1. The van der Waals surface area contributed by atoms with Crippen molar-refractivity contribution in [2.24, 2.45) is 0 Å². The lowest BCUT2D eigenvalue weighted by Crippen LogP contribution is -2.32. The first-order valence-corrected chi connectivity index (χ1v) is 11.1. The number of carbonyl (C=O) groups is 1. The van der Waals surface area contributed by atoms with Crippen LogP contribution in [0.5, 0.6) is 0 Å². The molecule has 1 aromatic heterocycles. The number of hydrogen-bond acceptors (Lipinski definition) is 4. The van der Waals surface area contributed by atoms with Crippen LogP contribution < -0.4 is 5.32 Å². The summed E-state index contributed by atoms with van der Waals surface area (Å²) in [6.45, 7) is 1.35. The zero-order chi connectivity index (χ0) is 21.0. The molecule has 0 aliphatic carbocycles. The van der Waals surface area contributed by atoms with E-state index in [0.717, 1.165) is 10.5 Å². The SMILES string of the molecule is Cc1cc(S(=O)(=O)C(CNC(=O)c2ccc(Br)cc2)c2cccnc2)ccc1F. The third-order valence-electron chi connectivity index (χ3n) is 4.44. The highest BCUT2D eigenvalue weighted by atomic mass is 79.9. The highest BCUT2D eigenvalue weighted by Gasteiger charge is 2.30. The van der Waals surface area contributed by atoms with Crippen LogP contribution in [-0.4, -0.2) is 25.9 Å². The van der Waals surface area contributed by atoms with E-state index in [1.165, 1.54) is 31.5 Å². The van der Waals surface area contributed by atoms with Gasteiger partial charge in [0, 0.05) is 29.0 Å². The van der Waals surface area contributed by atoms with Crippen LogP contribution in [0.1, 0.15) is 26.7 Å². The molecule has 3 aromatic rings. The van der Waals surface area contributed by atoms with Crippen LogP contribution in [0.25, 0.3) is 0 Å². The molecule has 2 aromatic carbocycles. The fourth-order valence-electron chi connectivity index (χ4n) is 2.82. The Morgan fingerprint density at radius 1 is 1.17 bits per heavy atom. The molecule has 29 heavy (non-hydrogen) atoms. The Balaban J connectivity index is 1.91. The van der Waals surface area contributed by atoms with E-state index in [1.807, 2.05) is 0 Å². The number of rotatable bonds is 6. The van der Waals surface area contributed by atoms with Crippen molar-refractivity contribution >= 4 is 31.7 Å². The van der Waals surface area contributed by atoms with Gasteiger partial charge in [-0.1, -0.05) is 22.0 Å². The van der Waals surface area contributed by atoms with Crippen molar-refractivity contribution in [3.8, 4) is 0 Å². The van der Waals surface area contributed by atoms with Gasteiger partial charge >= 0.3 is 0 Å². The van der Waals surface area contributed by atoms with Crippen molar-refractivity contribution in [2.75, 3.05) is 6.54 Å². The van der Waals surface area contributed by atoms with E-state index < -0.39 is 26.8 Å². The summed E-state index contributed by atoms with van der Waals surface area (Å²) in [6.07, 6.45) is 2.99. The Kier molecular flexibility index (Phi) is 6.44. The third kappa shape index (κ3) is 4.89. The highest BCUT2D eigenvalue weighted by Crippen LogP contribution is 2.29. The summed E-state index contributed by atoms with van der Waals surface area (Å²) in [4.78, 5) is 16.5. The van der Waals surface area contributed by atoms with E-state index >= 15 is 0 Å². The normalized spacial score (nSPS) is 12.4. The van der Waals surface area contributed by atoms with Crippen molar-refractivity contribution in [3.05, 3.63) is 94.0 Å². The second-order valence-corrected chi connectivity index (χ2v) is 9.49. The van der Waals surface area contributed by atoms with Gasteiger partial charge < -0.3 is 5.32 Å². The zero-order valence-electron chi connectivity index (χ0n) is 15.5. The van der Waals surface area contributed by atoms with Gasteiger partial charge in [-0.15, -0.1) is 0 Å². The second-order valence-electron chi connectivity index (χ2n) is 6.45. The fourth-order valence-corrected chi connectivity index (χ4v) is 4.81. The molecule has 5 nitrogen and oxygen atoms in total. The number of aromatic nitrogens is 1. The molecule has 0 radical (unpaired) electrons. The summed E-state index contributed by atoms with van der Waals surface area (Å²) >= 11 is 3.31. The van der Waals surface area contributed by atoms with Crippen LogP contribution in [0.15, 0.2) is 76.4 Å². The molecule has 1 heterocycles. The molecule has 0 bridgehead atoms. The Labute approximate surface area is 177 Å². The Morgan fingerprint density at radius 3 is 2.52 bits per heavy atom. The number of pyridine rings is 1. The van der Waals surface area contributed by atoms with Crippen LogP contribution in [0.2, 0.25) is 0 Å². The number of amides is 1. The maximum absolute atomic E-state index is 13.6. The summed E-state index contributed by atoms with van der Waals surface area (Å²) < 4.78 is 41.0. The predicted molar refractivity (Wildman–Crippen MR) is 112 cm³/mol. The quantitative estimate of drug-likeness (QED) is 0.539. The Bertz CT molecular complexity index is 1120. The van der Waals surface area contributed by atoms with E-state index in [9.17, 15) is 17.6 Å². The number of nitrogens with zero attached hydrogens (tertiary/aromatic N) is 1. The number of aryl methyl sites for hydroxylation is 1. The number of halogens is 2. The van der Waals surface area contributed by atoms with Gasteiger partial charge in [0.05, 0.1) is 4.90 Å². The van der Waals surface area contributed by atoms with E-state index in [-0.39, 0.29) is 17.0 Å². The van der Waals surface area contributed by atoms with Crippen molar-refractivity contribution in [2.45, 2.75) is 17.1 Å². The minimum atomic E-state index is -3.91. The lowest BCUT2D eigenvalue weighted by atomic mass is 10.2. The molecular weight excluding hydrogens is 459 g/mol. The zero-order valence-corrected chi connectivity index (χ0v) is 17.9. The molecule has 1 N–H and O–H groups in total. The van der Waals surface area contributed by atoms with E-state index in [0.29, 0.717) is 11.1 Å². The van der Waals surface area contributed by atoms with Gasteiger partial charge in [0.15, 0.2) is 9.84 Å². The van der Waals surface area contributed by atoms with Gasteiger partial charge in [0.1, 0.15) is 11.1 Å². The van der Waals surface area contributed by atoms with Gasteiger partial charge in [0.25, 0.3) is 5.91 Å². The minimum absolute atomic E-state index is 0.0110. The molecule has 0 fully saturated rings. The maximum atomic E-state index is 13.6. The van der Waals surface area contributed by atoms with Crippen molar-refractivity contribution in [1.82, 2.24) is 10.3 Å². The molecule has 150 valence electrons. The molecule has 0 spiro atoms. The van der Waals surface area contributed by atoms with Gasteiger partial charge in [-0.3, -0.25) is 9.78 Å². The minimum Gasteiger partial charge on any atom is -0.350 e. The Hall–Kier alpha value is -2.58. The van der Waals surface area contributed by atoms with Crippen LogP contribution in [0, 0.1) is 12.7 Å². The molecule has 0 saturated heterocycles. The molecule has 0 aliphatic rings. The topological polar surface area (TPSA) is 76.1 Å². The largest absolute Gasteiger partial charge is 0.350 e. The molecule has 0 saturated carbocycles. The van der Waals surface area contributed by atoms with Crippen molar-refractivity contribution in [1.29, 1.82) is 0 Å². The van der Waals surface area contributed by atoms with Crippen molar-refractivity contribution < 1.29 is 17.6 Å². The summed E-state index contributed by atoms with van der Waals surface area (Å²) in [5.74, 6) is -0.873. The molecular formula is C21H18BrFN2O3S. The second kappa shape index (κ2) is 8.84. The predicted octanol–water partition coefficient (Wildman–Crippen LogP) is 4.24. The number of hydrogen-bond donors (Lipinski definition) is 1. The number of nitrogens with one attached hydrogen (secondary N) is 1. The molecule has 1 atom stereocenters. The Morgan fingerprint density at radius 2 is 1.90 bits per heavy atom. The first kappa shape index (κ1) is 21.1. The number of carbonyl (C=O) groups excluding carboxylic acids is 1. The molecule has 3 rings (SSSR count). The van der Waals surface area contributed by atoms with E-state index in [4.69, 9.17) is 0 Å². The van der Waals surface area contributed by atoms with E-state index in [2.05, 4.69) is 26.2 Å². The van der Waals surface area contributed by atoms with Crippen LogP contribution in [0.4, 0.5) is 4.39 Å². The van der Waals surface area contributed by atoms with Crippen LogP contribution in [-0.2, 0) is 9.84 Å². The molecule has 0 aliphatic heterocycles. The average Bonchev–Trinajstić information content (AvgIpc) is 2.71. The van der Waals surface area contributed by atoms with Crippen molar-refractivity contribution in [3.63, 3.8) is 0 Å². The molecule has 1 amide bonds. The molecule has 8 heteroatoms. The van der Waals surface area contributed by atoms with Gasteiger partial charge in [-0.25, -0.2) is 12.8 Å². The third-order valence-corrected chi connectivity index (χ3v) is 7.07. The monoisotopic (exact) mass is 476 g/mol. The lowest BCUT2D eigenvalue weighted by molar-refractivity contribution is 0.0953. The summed E-state index contributed by atoms with van der Waals surface area (Å²) in [6, 6.07) is 13.6. The summed E-state index contributed by atoms with van der Waals surface area (Å²) in [5.41, 5.74) is 1.08. The molecule has 1 unspecified atom stereocenters. The summed E-state index contributed by atoms with van der Waals surface area (Å²) in [7, 11) is -3.91. The standard InChI is InChI=1S/C21H18BrFN2O3S/c1-14-11-18(8-9-19(14)23)29(27,28)20(16-3-2-10-24-12-16)13-25-21(26)15-4-6-17(22)7-5-15/h2-12,20H,13H2,1H3,(H,25,26).